The van der Waals surface area contributed by atoms with E-state index in [0.717, 1.165) is 18.4 Å². The van der Waals surface area contributed by atoms with Crippen molar-refractivity contribution in [2.24, 2.45) is 5.92 Å². The fraction of sp³-hybridized carbons (Fsp3) is 0.429. The van der Waals surface area contributed by atoms with Gasteiger partial charge in [-0.1, -0.05) is 39.2 Å². The first-order chi connectivity index (χ1) is 12.5. The lowest BCUT2D eigenvalue weighted by atomic mass is 9.99. The summed E-state index contributed by atoms with van der Waals surface area (Å²) >= 11 is 0. The lowest BCUT2D eigenvalue weighted by Crippen LogP contribution is -2.29. The molecule has 0 aliphatic carbocycles. The molecule has 1 unspecified atom stereocenters. The molecule has 0 bridgehead atoms. The Morgan fingerprint density at radius 3 is 2.62 bits per heavy atom. The van der Waals surface area contributed by atoms with Gasteiger partial charge in [-0.25, -0.2) is 0 Å². The van der Waals surface area contributed by atoms with Crippen LogP contribution >= 0.6 is 0 Å². The van der Waals surface area contributed by atoms with Gasteiger partial charge >= 0.3 is 0 Å². The van der Waals surface area contributed by atoms with Crippen molar-refractivity contribution < 1.29 is 14.0 Å². The molecule has 0 saturated carbocycles. The predicted molar refractivity (Wildman–Crippen MR) is 103 cm³/mol. The second-order valence-electron chi connectivity index (χ2n) is 6.59. The standard InChI is InChI=1S/C21H28N2O3/c1-4-6-8-16(5-2)14-22-20(24)17-11-10-15(3)18(13-17)23-21(25)19-9-7-12-26-19/h7,9-13,16H,4-6,8,14H2,1-3H3,(H,22,24)(H,23,25). The number of carbonyl (C=O) groups excluding carboxylic acids is 2. The number of unbranched alkanes of at least 4 members (excludes halogenated alkanes) is 1. The molecular weight excluding hydrogens is 328 g/mol. The summed E-state index contributed by atoms with van der Waals surface area (Å²) < 4.78 is 5.10. The van der Waals surface area contributed by atoms with Gasteiger partial charge in [0.1, 0.15) is 0 Å². The lowest BCUT2D eigenvalue weighted by Gasteiger charge is -2.16. The number of amides is 2. The van der Waals surface area contributed by atoms with Gasteiger partial charge in [0.2, 0.25) is 0 Å². The normalized spacial score (nSPS) is 11.8. The molecular formula is C21H28N2O3. The summed E-state index contributed by atoms with van der Waals surface area (Å²) in [7, 11) is 0. The van der Waals surface area contributed by atoms with Gasteiger partial charge in [-0.15, -0.1) is 0 Å². The Morgan fingerprint density at radius 2 is 1.96 bits per heavy atom. The van der Waals surface area contributed by atoms with E-state index in [1.165, 1.54) is 19.1 Å². The molecule has 2 rings (SSSR count). The van der Waals surface area contributed by atoms with Crippen molar-refractivity contribution in [3.63, 3.8) is 0 Å². The SMILES string of the molecule is CCCCC(CC)CNC(=O)c1ccc(C)c(NC(=O)c2ccco2)c1. The minimum absolute atomic E-state index is 0.117. The van der Waals surface area contributed by atoms with Crippen molar-refractivity contribution in [1.82, 2.24) is 5.32 Å². The number of furan rings is 1. The summed E-state index contributed by atoms with van der Waals surface area (Å²) in [5, 5.41) is 5.82. The first-order valence-corrected chi connectivity index (χ1v) is 9.28. The number of rotatable bonds is 9. The van der Waals surface area contributed by atoms with Crippen LogP contribution in [-0.4, -0.2) is 18.4 Å². The number of hydrogen-bond acceptors (Lipinski definition) is 3. The molecule has 0 saturated heterocycles. The van der Waals surface area contributed by atoms with Crippen LogP contribution in [0.25, 0.3) is 0 Å². The van der Waals surface area contributed by atoms with Gasteiger partial charge in [-0.05, 0) is 49.1 Å². The zero-order valence-electron chi connectivity index (χ0n) is 15.8. The fourth-order valence-corrected chi connectivity index (χ4v) is 2.77. The molecule has 1 heterocycles. The maximum atomic E-state index is 12.5. The van der Waals surface area contributed by atoms with E-state index in [0.29, 0.717) is 23.7 Å². The molecule has 0 aliphatic rings. The molecule has 1 aromatic carbocycles. The zero-order chi connectivity index (χ0) is 18.9. The van der Waals surface area contributed by atoms with Gasteiger partial charge < -0.3 is 15.1 Å². The second kappa shape index (κ2) is 9.80. The van der Waals surface area contributed by atoms with Gasteiger partial charge in [0.05, 0.1) is 6.26 Å². The molecule has 26 heavy (non-hydrogen) atoms. The van der Waals surface area contributed by atoms with Gasteiger partial charge in [-0.3, -0.25) is 9.59 Å². The van der Waals surface area contributed by atoms with Gasteiger partial charge in [0, 0.05) is 17.8 Å². The highest BCUT2D eigenvalue weighted by Crippen LogP contribution is 2.19. The summed E-state index contributed by atoms with van der Waals surface area (Å²) in [5.41, 5.74) is 2.03. The Kier molecular flexibility index (Phi) is 7.45. The molecule has 140 valence electrons. The molecule has 5 heteroatoms. The zero-order valence-corrected chi connectivity index (χ0v) is 15.8. The smallest absolute Gasteiger partial charge is 0.291 e. The lowest BCUT2D eigenvalue weighted by molar-refractivity contribution is 0.0944. The molecule has 1 atom stereocenters. The quantitative estimate of drug-likeness (QED) is 0.679. The molecule has 0 radical (unpaired) electrons. The van der Waals surface area contributed by atoms with Crippen molar-refractivity contribution in [3.8, 4) is 0 Å². The monoisotopic (exact) mass is 356 g/mol. The summed E-state index contributed by atoms with van der Waals surface area (Å²) in [4.78, 5) is 24.6. The van der Waals surface area contributed by atoms with Crippen LogP contribution in [-0.2, 0) is 0 Å². The fourth-order valence-electron chi connectivity index (χ4n) is 2.77. The maximum Gasteiger partial charge on any atom is 0.291 e. The summed E-state index contributed by atoms with van der Waals surface area (Å²) in [6, 6.07) is 8.58. The highest BCUT2D eigenvalue weighted by molar-refractivity contribution is 6.03. The van der Waals surface area contributed by atoms with E-state index >= 15 is 0 Å². The molecule has 2 N–H and O–H groups in total. The highest BCUT2D eigenvalue weighted by Gasteiger charge is 2.14. The van der Waals surface area contributed by atoms with Crippen LogP contribution in [0.5, 0.6) is 0 Å². The van der Waals surface area contributed by atoms with Crippen LogP contribution in [0.4, 0.5) is 5.69 Å². The Bertz CT molecular complexity index is 723. The van der Waals surface area contributed by atoms with Crippen LogP contribution in [0.2, 0.25) is 0 Å². The van der Waals surface area contributed by atoms with Crippen LogP contribution < -0.4 is 10.6 Å². The van der Waals surface area contributed by atoms with E-state index in [-0.39, 0.29) is 17.6 Å². The third-order valence-corrected chi connectivity index (χ3v) is 4.59. The molecule has 0 spiro atoms. The van der Waals surface area contributed by atoms with Gasteiger partial charge in [0.15, 0.2) is 5.76 Å². The van der Waals surface area contributed by atoms with Crippen molar-refractivity contribution >= 4 is 17.5 Å². The molecule has 2 aromatic rings. The van der Waals surface area contributed by atoms with E-state index in [2.05, 4.69) is 24.5 Å². The molecule has 0 aliphatic heterocycles. The van der Waals surface area contributed by atoms with Crippen LogP contribution in [0, 0.1) is 12.8 Å². The Hall–Kier alpha value is -2.56. The van der Waals surface area contributed by atoms with Crippen LogP contribution in [0.3, 0.4) is 0 Å². The number of carbonyl (C=O) groups is 2. The van der Waals surface area contributed by atoms with Gasteiger partial charge in [0.25, 0.3) is 11.8 Å². The first kappa shape index (κ1) is 19.8. The van der Waals surface area contributed by atoms with Gasteiger partial charge in [-0.2, -0.15) is 0 Å². The van der Waals surface area contributed by atoms with Crippen molar-refractivity contribution in [3.05, 3.63) is 53.5 Å². The van der Waals surface area contributed by atoms with E-state index < -0.39 is 0 Å². The average Bonchev–Trinajstić information content (AvgIpc) is 3.18. The molecule has 5 nitrogen and oxygen atoms in total. The van der Waals surface area contributed by atoms with Crippen LogP contribution in [0.1, 0.15) is 66.0 Å². The molecule has 0 fully saturated rings. The Morgan fingerprint density at radius 1 is 1.15 bits per heavy atom. The second-order valence-corrected chi connectivity index (χ2v) is 6.59. The maximum absolute atomic E-state index is 12.5. The first-order valence-electron chi connectivity index (χ1n) is 9.28. The Labute approximate surface area is 155 Å². The summed E-state index contributed by atoms with van der Waals surface area (Å²) in [5.74, 6) is 0.290. The molecule has 2 amide bonds. The Balaban J connectivity index is 2.01. The van der Waals surface area contributed by atoms with E-state index in [1.54, 1.807) is 24.3 Å². The number of benzene rings is 1. The highest BCUT2D eigenvalue weighted by atomic mass is 16.3. The third-order valence-electron chi connectivity index (χ3n) is 4.59. The van der Waals surface area contributed by atoms with E-state index in [1.807, 2.05) is 13.0 Å². The summed E-state index contributed by atoms with van der Waals surface area (Å²) in [6.07, 6.45) is 5.99. The molecule has 1 aromatic heterocycles. The summed E-state index contributed by atoms with van der Waals surface area (Å²) in [6.45, 7) is 6.89. The predicted octanol–water partition coefficient (Wildman–Crippen LogP) is 4.79. The van der Waals surface area contributed by atoms with E-state index in [9.17, 15) is 9.59 Å². The number of nitrogens with one attached hydrogen (secondary N) is 2. The van der Waals surface area contributed by atoms with E-state index in [4.69, 9.17) is 4.42 Å². The number of aryl methyl sites for hydroxylation is 1. The van der Waals surface area contributed by atoms with Crippen molar-refractivity contribution in [2.45, 2.75) is 46.5 Å². The van der Waals surface area contributed by atoms with Crippen molar-refractivity contribution in [2.75, 3.05) is 11.9 Å². The topological polar surface area (TPSA) is 71.3 Å². The number of anilines is 1. The average molecular weight is 356 g/mol. The number of hydrogen-bond donors (Lipinski definition) is 2. The van der Waals surface area contributed by atoms with Crippen LogP contribution in [0.15, 0.2) is 41.0 Å². The van der Waals surface area contributed by atoms with Crippen molar-refractivity contribution in [1.29, 1.82) is 0 Å². The largest absolute Gasteiger partial charge is 0.459 e. The third kappa shape index (κ3) is 5.48. The minimum atomic E-state index is -0.332. The minimum Gasteiger partial charge on any atom is -0.459 e.